The highest BCUT2D eigenvalue weighted by Gasteiger charge is 2.19. The van der Waals surface area contributed by atoms with Crippen LogP contribution in [0.2, 0.25) is 0 Å². The van der Waals surface area contributed by atoms with Crippen molar-refractivity contribution in [1.82, 2.24) is 15.2 Å². The van der Waals surface area contributed by atoms with Crippen LogP contribution in [0.1, 0.15) is 37.4 Å². The van der Waals surface area contributed by atoms with E-state index in [9.17, 15) is 9.18 Å². The summed E-state index contributed by atoms with van der Waals surface area (Å²) in [7, 11) is 0. The highest BCUT2D eigenvalue weighted by atomic mass is 19.1. The monoisotopic (exact) mass is 331 g/mol. The van der Waals surface area contributed by atoms with Crippen molar-refractivity contribution in [2.75, 3.05) is 19.6 Å². The summed E-state index contributed by atoms with van der Waals surface area (Å²) in [5, 5.41) is 3.95. The number of likely N-dealkylation sites (tertiary alicyclic amines) is 1. The van der Waals surface area contributed by atoms with Crippen LogP contribution in [0.5, 0.6) is 0 Å². The lowest BCUT2D eigenvalue weighted by Crippen LogP contribution is -2.43. The van der Waals surface area contributed by atoms with Gasteiger partial charge in [-0.05, 0) is 63.0 Å². The highest BCUT2D eigenvalue weighted by molar-refractivity contribution is 5.90. The molecular weight excluding hydrogens is 305 g/mol. The molecule has 1 aromatic heterocycles. The molecule has 1 aromatic carbocycles. The Morgan fingerprint density at radius 1 is 1.38 bits per heavy atom. The Morgan fingerprint density at radius 2 is 2.12 bits per heavy atom. The van der Waals surface area contributed by atoms with Gasteiger partial charge < -0.3 is 15.2 Å². The molecule has 0 aliphatic carbocycles. The molecule has 0 spiro atoms. The Hall–Kier alpha value is -1.88. The number of aromatic amines is 1. The fourth-order valence-electron chi connectivity index (χ4n) is 3.58. The summed E-state index contributed by atoms with van der Waals surface area (Å²) in [6, 6.07) is 4.84. The zero-order valence-electron chi connectivity index (χ0n) is 14.5. The van der Waals surface area contributed by atoms with Gasteiger partial charge in [-0.15, -0.1) is 0 Å². The first-order valence-electron chi connectivity index (χ1n) is 8.85. The van der Waals surface area contributed by atoms with Crippen molar-refractivity contribution >= 4 is 16.8 Å². The second-order valence-corrected chi connectivity index (χ2v) is 6.78. The number of nitrogens with zero attached hydrogens (tertiary/aromatic N) is 1. The minimum absolute atomic E-state index is 0.00862. The second kappa shape index (κ2) is 7.34. The standard InChI is InChI=1S/C19H26FN3O/c1-3-15(12-23-8-4-5-9-23)22-19(24)11-16-13(2)21-18-7-6-14(20)10-17(16)18/h6-7,10,15,21H,3-5,8-9,11-12H2,1-2H3,(H,22,24)/t15-/m1/s1. The smallest absolute Gasteiger partial charge is 0.224 e. The summed E-state index contributed by atoms with van der Waals surface area (Å²) < 4.78 is 13.5. The van der Waals surface area contributed by atoms with Gasteiger partial charge in [-0.25, -0.2) is 4.39 Å². The van der Waals surface area contributed by atoms with Crippen LogP contribution in [-0.4, -0.2) is 41.5 Å². The SMILES string of the molecule is CC[C@H](CN1CCCC1)NC(=O)Cc1c(C)[nH]c2ccc(F)cc12. The molecule has 24 heavy (non-hydrogen) atoms. The van der Waals surface area contributed by atoms with Crippen molar-refractivity contribution in [3.63, 3.8) is 0 Å². The first kappa shape index (κ1) is 17.0. The Morgan fingerprint density at radius 3 is 2.83 bits per heavy atom. The summed E-state index contributed by atoms with van der Waals surface area (Å²) in [5.41, 5.74) is 2.69. The minimum atomic E-state index is -0.274. The third-order valence-electron chi connectivity index (χ3n) is 4.95. The first-order chi connectivity index (χ1) is 11.6. The van der Waals surface area contributed by atoms with Gasteiger partial charge in [0.2, 0.25) is 5.91 Å². The van der Waals surface area contributed by atoms with E-state index >= 15 is 0 Å². The molecule has 1 amide bonds. The van der Waals surface area contributed by atoms with Crippen molar-refractivity contribution in [3.8, 4) is 0 Å². The summed E-state index contributed by atoms with van der Waals surface area (Å²) in [6.07, 6.45) is 3.71. The predicted molar refractivity (Wildman–Crippen MR) is 94.6 cm³/mol. The predicted octanol–water partition coefficient (Wildman–Crippen LogP) is 3.15. The molecule has 130 valence electrons. The van der Waals surface area contributed by atoms with Crippen LogP contribution in [-0.2, 0) is 11.2 Å². The van der Waals surface area contributed by atoms with Crippen molar-refractivity contribution in [3.05, 3.63) is 35.3 Å². The number of fused-ring (bicyclic) bond motifs is 1. The Balaban J connectivity index is 1.67. The van der Waals surface area contributed by atoms with Gasteiger partial charge in [0.05, 0.1) is 6.42 Å². The number of hydrogen-bond donors (Lipinski definition) is 2. The number of carbonyl (C=O) groups is 1. The van der Waals surface area contributed by atoms with Crippen LogP contribution in [0.4, 0.5) is 4.39 Å². The lowest BCUT2D eigenvalue weighted by Gasteiger charge is -2.23. The highest BCUT2D eigenvalue weighted by Crippen LogP contribution is 2.23. The fourth-order valence-corrected chi connectivity index (χ4v) is 3.58. The Labute approximate surface area is 142 Å². The summed E-state index contributed by atoms with van der Waals surface area (Å²) in [5.74, 6) is -0.266. The maximum absolute atomic E-state index is 13.5. The van der Waals surface area contributed by atoms with Gasteiger partial charge in [-0.1, -0.05) is 6.92 Å². The second-order valence-electron chi connectivity index (χ2n) is 6.78. The molecule has 1 fully saturated rings. The number of benzene rings is 1. The number of hydrogen-bond acceptors (Lipinski definition) is 2. The van der Waals surface area contributed by atoms with Gasteiger partial charge in [0, 0.05) is 29.2 Å². The number of amides is 1. The molecule has 4 nitrogen and oxygen atoms in total. The summed E-state index contributed by atoms with van der Waals surface area (Å²) in [4.78, 5) is 18.1. The Kier molecular flexibility index (Phi) is 5.19. The van der Waals surface area contributed by atoms with Crippen molar-refractivity contribution < 1.29 is 9.18 Å². The summed E-state index contributed by atoms with van der Waals surface area (Å²) in [6.45, 7) is 7.22. The van der Waals surface area contributed by atoms with E-state index in [4.69, 9.17) is 0 Å². The number of H-pyrrole nitrogens is 1. The van der Waals surface area contributed by atoms with Gasteiger partial charge in [0.15, 0.2) is 0 Å². The molecule has 5 heteroatoms. The molecule has 3 rings (SSSR count). The van der Waals surface area contributed by atoms with Crippen LogP contribution < -0.4 is 5.32 Å². The normalized spacial score (nSPS) is 16.6. The van der Waals surface area contributed by atoms with Gasteiger partial charge in [-0.2, -0.15) is 0 Å². The Bertz CT molecular complexity index is 719. The number of halogens is 1. The van der Waals surface area contributed by atoms with Crippen LogP contribution in [0.3, 0.4) is 0 Å². The lowest BCUT2D eigenvalue weighted by atomic mass is 10.1. The molecule has 1 aliphatic rings. The zero-order valence-corrected chi connectivity index (χ0v) is 14.5. The molecule has 2 N–H and O–H groups in total. The van der Waals surface area contributed by atoms with Gasteiger partial charge >= 0.3 is 0 Å². The van der Waals surface area contributed by atoms with E-state index in [1.165, 1.54) is 25.0 Å². The van der Waals surface area contributed by atoms with E-state index < -0.39 is 0 Å². The molecule has 0 unspecified atom stereocenters. The number of aromatic nitrogens is 1. The third kappa shape index (κ3) is 3.78. The maximum atomic E-state index is 13.5. The van der Waals surface area contributed by atoms with Gasteiger partial charge in [-0.3, -0.25) is 4.79 Å². The molecule has 0 radical (unpaired) electrons. The van der Waals surface area contributed by atoms with Crippen molar-refractivity contribution in [2.24, 2.45) is 0 Å². The number of aryl methyl sites for hydroxylation is 1. The van der Waals surface area contributed by atoms with Gasteiger partial charge in [0.1, 0.15) is 5.82 Å². The minimum Gasteiger partial charge on any atom is -0.358 e. The maximum Gasteiger partial charge on any atom is 0.224 e. The lowest BCUT2D eigenvalue weighted by molar-refractivity contribution is -0.121. The van der Waals surface area contributed by atoms with Crippen LogP contribution in [0.25, 0.3) is 10.9 Å². The molecule has 2 heterocycles. The molecule has 0 saturated carbocycles. The van der Waals surface area contributed by atoms with E-state index in [2.05, 4.69) is 22.1 Å². The third-order valence-corrected chi connectivity index (χ3v) is 4.95. The fraction of sp³-hybridized carbons (Fsp3) is 0.526. The number of carbonyl (C=O) groups excluding carboxylic acids is 1. The zero-order chi connectivity index (χ0) is 17.1. The largest absolute Gasteiger partial charge is 0.358 e. The number of nitrogens with one attached hydrogen (secondary N) is 2. The molecule has 1 aliphatic heterocycles. The van der Waals surface area contributed by atoms with Crippen molar-refractivity contribution in [1.29, 1.82) is 0 Å². The molecular formula is C19H26FN3O. The molecule has 1 saturated heterocycles. The van der Waals surface area contributed by atoms with E-state index in [0.29, 0.717) is 0 Å². The molecule has 1 atom stereocenters. The number of rotatable bonds is 6. The van der Waals surface area contributed by atoms with Crippen LogP contribution in [0, 0.1) is 12.7 Å². The van der Waals surface area contributed by atoms with E-state index in [1.807, 2.05) is 6.92 Å². The topological polar surface area (TPSA) is 48.1 Å². The average molecular weight is 331 g/mol. The average Bonchev–Trinajstić information content (AvgIpc) is 3.16. The first-order valence-corrected chi connectivity index (χ1v) is 8.85. The van der Waals surface area contributed by atoms with Crippen molar-refractivity contribution in [2.45, 2.75) is 45.6 Å². The van der Waals surface area contributed by atoms with E-state index in [-0.39, 0.29) is 24.2 Å². The van der Waals surface area contributed by atoms with Crippen LogP contribution >= 0.6 is 0 Å². The van der Waals surface area contributed by atoms with E-state index in [1.54, 1.807) is 6.07 Å². The molecule has 2 aromatic rings. The van der Waals surface area contributed by atoms with Crippen LogP contribution in [0.15, 0.2) is 18.2 Å². The van der Waals surface area contributed by atoms with E-state index in [0.717, 1.165) is 48.2 Å². The summed E-state index contributed by atoms with van der Waals surface area (Å²) >= 11 is 0. The van der Waals surface area contributed by atoms with Gasteiger partial charge in [0.25, 0.3) is 0 Å². The molecule has 0 bridgehead atoms. The quantitative estimate of drug-likeness (QED) is 0.854.